The Balaban J connectivity index is 1.29. The number of nitrogens with zero attached hydrogens (tertiary/aromatic N) is 5. The summed E-state index contributed by atoms with van der Waals surface area (Å²) in [6.45, 7) is 5.13. The smallest absolute Gasteiger partial charge is 0.366 e. The van der Waals surface area contributed by atoms with Crippen LogP contribution in [0, 0.1) is 16.0 Å². The van der Waals surface area contributed by atoms with Crippen LogP contribution in [-0.4, -0.2) is 90.3 Å². The van der Waals surface area contributed by atoms with Crippen LogP contribution in [-0.2, 0) is 15.8 Å². The van der Waals surface area contributed by atoms with E-state index in [1.54, 1.807) is 4.90 Å². The predicted octanol–water partition coefficient (Wildman–Crippen LogP) is 2.60. The maximum atomic E-state index is 13.0. The lowest BCUT2D eigenvalue weighted by atomic mass is 9.94. The van der Waals surface area contributed by atoms with Crippen LogP contribution in [0.25, 0.3) is 0 Å². The number of carbonyl (C=O) groups is 2. The molecule has 192 valence electrons. The number of piperidine rings is 1. The Morgan fingerprint density at radius 1 is 0.943 bits per heavy atom. The zero-order valence-electron chi connectivity index (χ0n) is 19.5. The molecular formula is C23H30F3N5O4. The number of rotatable bonds is 5. The number of likely N-dealkylation sites (tertiary alicyclic amines) is 1. The molecule has 1 aromatic carbocycles. The van der Waals surface area contributed by atoms with E-state index in [0.29, 0.717) is 64.7 Å². The summed E-state index contributed by atoms with van der Waals surface area (Å²) >= 11 is 0. The highest BCUT2D eigenvalue weighted by Gasteiger charge is 2.36. The summed E-state index contributed by atoms with van der Waals surface area (Å²) < 4.78 is 38.9. The molecule has 35 heavy (non-hydrogen) atoms. The van der Waals surface area contributed by atoms with Gasteiger partial charge in [0.25, 0.3) is 5.69 Å². The number of carbonyl (C=O) groups excluding carboxylic acids is 2. The minimum Gasteiger partial charge on any atom is -0.366 e. The highest BCUT2D eigenvalue weighted by Crippen LogP contribution is 2.37. The first-order valence-corrected chi connectivity index (χ1v) is 12.0. The fraction of sp³-hybridized carbons (Fsp3) is 0.652. The molecule has 1 aromatic rings. The van der Waals surface area contributed by atoms with Crippen molar-refractivity contribution in [3.8, 4) is 0 Å². The number of nitro groups is 1. The van der Waals surface area contributed by atoms with E-state index in [9.17, 15) is 32.9 Å². The third-order valence-electron chi connectivity index (χ3n) is 7.19. The van der Waals surface area contributed by atoms with Crippen molar-refractivity contribution in [1.82, 2.24) is 14.7 Å². The zero-order chi connectivity index (χ0) is 25.2. The molecule has 3 fully saturated rings. The summed E-state index contributed by atoms with van der Waals surface area (Å²) in [5.41, 5.74) is -1.49. The number of piperazine rings is 1. The van der Waals surface area contributed by atoms with Gasteiger partial charge in [0.15, 0.2) is 0 Å². The van der Waals surface area contributed by atoms with Crippen LogP contribution in [0.2, 0.25) is 0 Å². The van der Waals surface area contributed by atoms with Crippen molar-refractivity contribution in [2.75, 3.05) is 63.8 Å². The molecule has 0 N–H and O–H groups in total. The molecule has 3 heterocycles. The van der Waals surface area contributed by atoms with Gasteiger partial charge in [0, 0.05) is 64.3 Å². The number of hydrogen-bond donors (Lipinski definition) is 0. The molecule has 3 saturated heterocycles. The highest BCUT2D eigenvalue weighted by molar-refractivity contribution is 5.80. The molecular weight excluding hydrogens is 467 g/mol. The molecule has 3 aliphatic heterocycles. The molecule has 0 atom stereocenters. The van der Waals surface area contributed by atoms with Crippen molar-refractivity contribution in [3.05, 3.63) is 33.9 Å². The monoisotopic (exact) mass is 497 g/mol. The van der Waals surface area contributed by atoms with Gasteiger partial charge in [-0.1, -0.05) is 0 Å². The lowest BCUT2D eigenvalue weighted by Crippen LogP contribution is -2.53. The quantitative estimate of drug-likeness (QED) is 0.459. The average molecular weight is 498 g/mol. The van der Waals surface area contributed by atoms with E-state index in [1.807, 2.05) is 9.80 Å². The highest BCUT2D eigenvalue weighted by atomic mass is 19.4. The van der Waals surface area contributed by atoms with Gasteiger partial charge in [0.1, 0.15) is 5.69 Å². The standard InChI is InChI=1S/C23H30F3N5O4/c24-23(25,26)18-3-4-19(20(15-18)31(34)35)28-9-5-17(6-10-28)22(33)30-13-11-27(12-14-30)16-21(32)29-7-1-2-8-29/h3-4,15,17H,1-2,5-14,16H2. The van der Waals surface area contributed by atoms with Crippen molar-refractivity contribution >= 4 is 23.2 Å². The summed E-state index contributed by atoms with van der Waals surface area (Å²) in [7, 11) is 0. The van der Waals surface area contributed by atoms with Crippen LogP contribution in [0.5, 0.6) is 0 Å². The summed E-state index contributed by atoms with van der Waals surface area (Å²) in [5, 5.41) is 11.4. The maximum absolute atomic E-state index is 13.0. The largest absolute Gasteiger partial charge is 0.416 e. The van der Waals surface area contributed by atoms with E-state index >= 15 is 0 Å². The molecule has 0 aliphatic carbocycles. The Kier molecular flexibility index (Phi) is 7.48. The summed E-state index contributed by atoms with van der Waals surface area (Å²) in [6.07, 6.45) is -1.60. The van der Waals surface area contributed by atoms with E-state index in [4.69, 9.17) is 0 Å². The number of halogens is 3. The minimum absolute atomic E-state index is 0.0390. The van der Waals surface area contributed by atoms with E-state index < -0.39 is 22.4 Å². The Morgan fingerprint density at radius 2 is 1.57 bits per heavy atom. The van der Waals surface area contributed by atoms with Gasteiger partial charge in [-0.3, -0.25) is 24.6 Å². The van der Waals surface area contributed by atoms with Gasteiger partial charge in [-0.2, -0.15) is 13.2 Å². The van der Waals surface area contributed by atoms with Gasteiger partial charge in [0.2, 0.25) is 11.8 Å². The first-order valence-electron chi connectivity index (χ1n) is 12.0. The van der Waals surface area contributed by atoms with Gasteiger partial charge >= 0.3 is 6.18 Å². The number of nitro benzene ring substituents is 1. The number of alkyl halides is 3. The Bertz CT molecular complexity index is 951. The Hall–Kier alpha value is -2.89. The zero-order valence-corrected chi connectivity index (χ0v) is 19.5. The molecule has 0 spiro atoms. The minimum atomic E-state index is -4.66. The number of amides is 2. The van der Waals surface area contributed by atoms with Gasteiger partial charge in [0.05, 0.1) is 17.0 Å². The summed E-state index contributed by atoms with van der Waals surface area (Å²) in [4.78, 5) is 43.5. The Morgan fingerprint density at radius 3 is 2.14 bits per heavy atom. The molecule has 0 bridgehead atoms. The topological polar surface area (TPSA) is 90.2 Å². The van der Waals surface area contributed by atoms with Crippen molar-refractivity contribution in [2.24, 2.45) is 5.92 Å². The molecule has 4 rings (SSSR count). The van der Waals surface area contributed by atoms with Crippen LogP contribution in [0.3, 0.4) is 0 Å². The fourth-order valence-electron chi connectivity index (χ4n) is 5.12. The van der Waals surface area contributed by atoms with E-state index in [2.05, 4.69) is 4.90 Å². The summed E-state index contributed by atoms with van der Waals surface area (Å²) in [5.74, 6) is -0.0402. The van der Waals surface area contributed by atoms with Gasteiger partial charge in [-0.15, -0.1) is 0 Å². The van der Waals surface area contributed by atoms with Gasteiger partial charge in [-0.25, -0.2) is 0 Å². The van der Waals surface area contributed by atoms with Crippen LogP contribution < -0.4 is 4.90 Å². The molecule has 0 radical (unpaired) electrons. The molecule has 3 aliphatic rings. The van der Waals surface area contributed by atoms with Crippen LogP contribution in [0.4, 0.5) is 24.5 Å². The van der Waals surface area contributed by atoms with Crippen LogP contribution in [0.15, 0.2) is 18.2 Å². The third-order valence-corrected chi connectivity index (χ3v) is 7.19. The first kappa shape index (κ1) is 25.2. The number of benzene rings is 1. The lowest BCUT2D eigenvalue weighted by Gasteiger charge is -2.39. The number of hydrogen-bond acceptors (Lipinski definition) is 6. The molecule has 9 nitrogen and oxygen atoms in total. The molecule has 0 saturated carbocycles. The van der Waals surface area contributed by atoms with E-state index in [0.717, 1.165) is 38.1 Å². The molecule has 2 amide bonds. The number of anilines is 1. The van der Waals surface area contributed by atoms with Crippen molar-refractivity contribution < 1.29 is 27.7 Å². The molecule has 0 unspecified atom stereocenters. The first-order chi connectivity index (χ1) is 16.6. The van der Waals surface area contributed by atoms with Crippen molar-refractivity contribution in [1.29, 1.82) is 0 Å². The van der Waals surface area contributed by atoms with Gasteiger partial charge in [-0.05, 0) is 37.8 Å². The second kappa shape index (κ2) is 10.4. The maximum Gasteiger partial charge on any atom is 0.416 e. The lowest BCUT2D eigenvalue weighted by molar-refractivity contribution is -0.384. The van der Waals surface area contributed by atoms with Gasteiger partial charge < -0.3 is 14.7 Å². The predicted molar refractivity (Wildman–Crippen MR) is 122 cm³/mol. The summed E-state index contributed by atoms with van der Waals surface area (Å²) in [6, 6.07) is 2.57. The average Bonchev–Trinajstić information content (AvgIpc) is 3.38. The SMILES string of the molecule is O=C(CN1CCN(C(=O)C2CCN(c3ccc(C(F)(F)F)cc3[N+](=O)[O-])CC2)CC1)N1CCCC1. The van der Waals surface area contributed by atoms with E-state index in [-0.39, 0.29) is 23.4 Å². The van der Waals surface area contributed by atoms with Crippen molar-refractivity contribution in [3.63, 3.8) is 0 Å². The second-order valence-corrected chi connectivity index (χ2v) is 9.41. The van der Waals surface area contributed by atoms with Crippen molar-refractivity contribution in [2.45, 2.75) is 31.9 Å². The normalized spacial score (nSPS) is 20.4. The third kappa shape index (κ3) is 5.85. The molecule has 12 heteroatoms. The van der Waals surface area contributed by atoms with E-state index in [1.165, 1.54) is 0 Å². The molecule has 0 aromatic heterocycles. The Labute approximate surface area is 201 Å². The van der Waals surface area contributed by atoms with Crippen LogP contribution >= 0.6 is 0 Å². The van der Waals surface area contributed by atoms with Crippen LogP contribution in [0.1, 0.15) is 31.2 Å². The fourth-order valence-corrected chi connectivity index (χ4v) is 5.12. The second-order valence-electron chi connectivity index (χ2n) is 9.41.